The molecule has 2 aliphatic rings. The number of nitrogens with zero attached hydrogens (tertiary/aromatic N) is 3. The molecule has 1 saturated carbocycles. The number of aromatic nitrogens is 2. The quantitative estimate of drug-likeness (QED) is 0.166. The molecule has 0 bridgehead atoms. The average Bonchev–Trinajstić information content (AvgIpc) is 3.91. The normalized spacial score (nSPS) is 15.5. The number of rotatable bonds is 10. The van der Waals surface area contributed by atoms with E-state index in [9.17, 15) is 18.8 Å². The lowest BCUT2D eigenvalue weighted by molar-refractivity contribution is -0.131. The second-order valence-corrected chi connectivity index (χ2v) is 13.7. The second kappa shape index (κ2) is 14.4. The molecule has 0 radical (unpaired) electrons. The maximum Gasteiger partial charge on any atom is 0.410 e. The molecule has 1 aromatic heterocycles. The fourth-order valence-electron chi connectivity index (χ4n) is 5.76. The van der Waals surface area contributed by atoms with Crippen LogP contribution in [0.1, 0.15) is 46.5 Å². The molecule has 2 heterocycles. The van der Waals surface area contributed by atoms with E-state index >= 15 is 4.39 Å². The Hall–Kier alpha value is -5.53. The van der Waals surface area contributed by atoms with Gasteiger partial charge in [0, 0.05) is 42.8 Å². The van der Waals surface area contributed by atoms with E-state index in [1.165, 1.54) is 56.0 Å². The van der Waals surface area contributed by atoms with Crippen molar-refractivity contribution in [2.45, 2.75) is 52.1 Å². The SMILES string of the molecule is COc1c(OCC2CCN(C(=O)OC(C)(C)C)CC2)cc2ncncc2c1Oc1ccc(NC(=O)C2(C(=O)Nc3ccc(F)cc3)CC2)cc1F. The number of ether oxygens (including phenoxy) is 4. The predicted molar refractivity (Wildman–Crippen MR) is 184 cm³/mol. The second-order valence-electron chi connectivity index (χ2n) is 13.7. The van der Waals surface area contributed by atoms with Crippen LogP contribution in [0.2, 0.25) is 0 Å². The molecule has 12 nitrogen and oxygen atoms in total. The van der Waals surface area contributed by atoms with Crippen molar-refractivity contribution in [3.8, 4) is 23.0 Å². The van der Waals surface area contributed by atoms with Crippen molar-refractivity contribution in [1.29, 1.82) is 0 Å². The van der Waals surface area contributed by atoms with E-state index in [1.807, 2.05) is 20.8 Å². The maximum atomic E-state index is 15.6. The van der Waals surface area contributed by atoms with Gasteiger partial charge in [-0.05, 0) is 88.8 Å². The number of hydrogen-bond donors (Lipinski definition) is 2. The van der Waals surface area contributed by atoms with Crippen molar-refractivity contribution < 1.29 is 42.1 Å². The van der Waals surface area contributed by atoms with Crippen LogP contribution >= 0.6 is 0 Å². The van der Waals surface area contributed by atoms with Crippen LogP contribution in [0.5, 0.6) is 23.0 Å². The van der Waals surface area contributed by atoms with Crippen LogP contribution in [0.15, 0.2) is 61.1 Å². The molecule has 2 N–H and O–H groups in total. The lowest BCUT2D eigenvalue weighted by Crippen LogP contribution is -2.42. The number of halogens is 2. The number of nitrogens with one attached hydrogen (secondary N) is 2. The molecule has 51 heavy (non-hydrogen) atoms. The molecule has 6 rings (SSSR count). The van der Waals surface area contributed by atoms with E-state index in [2.05, 4.69) is 20.6 Å². The Bertz CT molecular complexity index is 1940. The summed E-state index contributed by atoms with van der Waals surface area (Å²) in [6.45, 7) is 6.92. The third-order valence-corrected chi connectivity index (χ3v) is 8.75. The van der Waals surface area contributed by atoms with Crippen molar-refractivity contribution in [1.82, 2.24) is 14.9 Å². The lowest BCUT2D eigenvalue weighted by Gasteiger charge is -2.33. The third-order valence-electron chi connectivity index (χ3n) is 8.75. The number of amides is 3. The molecule has 14 heteroatoms. The highest BCUT2D eigenvalue weighted by molar-refractivity contribution is 6.16. The van der Waals surface area contributed by atoms with Crippen molar-refractivity contribution in [2.24, 2.45) is 11.3 Å². The first-order chi connectivity index (χ1) is 24.3. The Morgan fingerprint density at radius 3 is 2.22 bits per heavy atom. The molecular formula is C37H39F2N5O7. The van der Waals surface area contributed by atoms with Gasteiger partial charge < -0.3 is 34.5 Å². The molecule has 2 fully saturated rings. The number of anilines is 2. The molecular weight excluding hydrogens is 664 g/mol. The standard InChI is InChI=1S/C37H39F2N5O7/c1-36(2,3)51-35(47)44-15-11-22(12-16-44)20-49-30-18-28-26(19-40-21-41-28)31(32(30)48-4)50-29-10-9-25(17-27(29)39)43-34(46)37(13-14-37)33(45)42-24-7-5-23(38)6-8-24/h5-10,17-19,21-22H,11-16,20H2,1-4H3,(H,42,45)(H,43,46). The van der Waals surface area contributed by atoms with E-state index in [0.29, 0.717) is 54.9 Å². The van der Waals surface area contributed by atoms with Crippen molar-refractivity contribution >= 4 is 40.2 Å². The zero-order valence-corrected chi connectivity index (χ0v) is 28.8. The van der Waals surface area contributed by atoms with Crippen LogP contribution in [-0.2, 0) is 14.3 Å². The fraction of sp³-hybridized carbons (Fsp3) is 0.378. The first kappa shape index (κ1) is 35.3. The fourth-order valence-corrected chi connectivity index (χ4v) is 5.76. The monoisotopic (exact) mass is 703 g/mol. The first-order valence-electron chi connectivity index (χ1n) is 16.6. The highest BCUT2D eigenvalue weighted by Gasteiger charge is 2.56. The Morgan fingerprint density at radius 2 is 1.59 bits per heavy atom. The van der Waals surface area contributed by atoms with Gasteiger partial charge in [-0.2, -0.15) is 0 Å². The number of hydrogen-bond acceptors (Lipinski definition) is 9. The summed E-state index contributed by atoms with van der Waals surface area (Å²) in [7, 11) is 1.44. The largest absolute Gasteiger partial charge is 0.490 e. The van der Waals surface area contributed by atoms with E-state index < -0.39 is 34.5 Å². The number of likely N-dealkylation sites (tertiary alicyclic amines) is 1. The number of fused-ring (bicyclic) bond motifs is 1. The van der Waals surface area contributed by atoms with E-state index in [0.717, 1.165) is 18.9 Å². The minimum absolute atomic E-state index is 0.126. The van der Waals surface area contributed by atoms with E-state index in [-0.39, 0.29) is 34.9 Å². The molecule has 1 saturated heterocycles. The van der Waals surface area contributed by atoms with E-state index in [1.54, 1.807) is 11.0 Å². The van der Waals surface area contributed by atoms with Gasteiger partial charge in [0.25, 0.3) is 0 Å². The maximum absolute atomic E-state index is 15.6. The summed E-state index contributed by atoms with van der Waals surface area (Å²) in [5.41, 5.74) is -0.923. The highest BCUT2D eigenvalue weighted by atomic mass is 19.1. The topological polar surface area (TPSA) is 141 Å². The van der Waals surface area contributed by atoms with Crippen LogP contribution < -0.4 is 24.8 Å². The van der Waals surface area contributed by atoms with Crippen molar-refractivity contribution in [3.63, 3.8) is 0 Å². The molecule has 0 spiro atoms. The number of carbonyl (C=O) groups is 3. The lowest BCUT2D eigenvalue weighted by atomic mass is 9.98. The highest BCUT2D eigenvalue weighted by Crippen LogP contribution is 2.48. The molecule has 3 aromatic carbocycles. The number of piperidine rings is 1. The summed E-state index contributed by atoms with van der Waals surface area (Å²) in [6, 6.07) is 10.8. The zero-order valence-electron chi connectivity index (χ0n) is 28.8. The van der Waals surface area contributed by atoms with E-state index in [4.69, 9.17) is 18.9 Å². The summed E-state index contributed by atoms with van der Waals surface area (Å²) in [4.78, 5) is 48.7. The number of carbonyl (C=O) groups excluding carboxylic acids is 3. The van der Waals surface area contributed by atoms with Crippen LogP contribution in [-0.4, -0.2) is 65.2 Å². The van der Waals surface area contributed by atoms with Gasteiger partial charge in [-0.3, -0.25) is 9.59 Å². The average molecular weight is 704 g/mol. The van der Waals surface area contributed by atoms with Gasteiger partial charge in [0.2, 0.25) is 17.6 Å². The van der Waals surface area contributed by atoms with Gasteiger partial charge in [-0.15, -0.1) is 0 Å². The van der Waals surface area contributed by atoms with Gasteiger partial charge in [0.1, 0.15) is 23.2 Å². The summed E-state index contributed by atoms with van der Waals surface area (Å²) < 4.78 is 52.3. The predicted octanol–water partition coefficient (Wildman–Crippen LogP) is 7.09. The molecule has 1 aliphatic heterocycles. The van der Waals surface area contributed by atoms with Gasteiger partial charge in [-0.25, -0.2) is 23.5 Å². The summed E-state index contributed by atoms with van der Waals surface area (Å²) in [5.74, 6) is -1.68. The number of methoxy groups -OCH3 is 1. The molecule has 0 atom stereocenters. The summed E-state index contributed by atoms with van der Waals surface area (Å²) >= 11 is 0. The van der Waals surface area contributed by atoms with Crippen LogP contribution in [0.25, 0.3) is 10.9 Å². The Kier molecular flexibility index (Phi) is 9.95. The van der Waals surface area contributed by atoms with Crippen LogP contribution in [0.3, 0.4) is 0 Å². The molecule has 4 aromatic rings. The Labute approximate surface area is 293 Å². The van der Waals surface area contributed by atoms with Crippen molar-refractivity contribution in [2.75, 3.05) is 37.4 Å². The first-order valence-corrected chi connectivity index (χ1v) is 16.6. The summed E-state index contributed by atoms with van der Waals surface area (Å²) in [6.07, 6.45) is 4.63. The van der Waals surface area contributed by atoms with Crippen LogP contribution in [0, 0.1) is 23.0 Å². The Balaban J connectivity index is 1.14. The van der Waals surface area contributed by atoms with Gasteiger partial charge in [0.15, 0.2) is 23.1 Å². The van der Waals surface area contributed by atoms with Gasteiger partial charge in [-0.1, -0.05) is 0 Å². The smallest absolute Gasteiger partial charge is 0.410 e. The Morgan fingerprint density at radius 1 is 0.922 bits per heavy atom. The van der Waals surface area contributed by atoms with Crippen LogP contribution in [0.4, 0.5) is 25.0 Å². The minimum Gasteiger partial charge on any atom is -0.490 e. The van der Waals surface area contributed by atoms with Gasteiger partial charge >= 0.3 is 6.09 Å². The summed E-state index contributed by atoms with van der Waals surface area (Å²) in [5, 5.41) is 5.73. The molecule has 3 amide bonds. The minimum atomic E-state index is -1.32. The van der Waals surface area contributed by atoms with Crippen molar-refractivity contribution in [3.05, 3.63) is 72.7 Å². The van der Waals surface area contributed by atoms with Gasteiger partial charge in [0.05, 0.1) is 24.6 Å². The zero-order chi connectivity index (χ0) is 36.3. The molecule has 268 valence electrons. The molecule has 1 aliphatic carbocycles. The third kappa shape index (κ3) is 8.11. The molecule has 0 unspecified atom stereocenters. The number of benzene rings is 3.